The number of aryl methyl sites for hydroxylation is 1. The van der Waals surface area contributed by atoms with Crippen molar-refractivity contribution < 1.29 is 9.18 Å². The van der Waals surface area contributed by atoms with Gasteiger partial charge in [-0.2, -0.15) is 0 Å². The molecule has 3 rings (SSSR count). The molecule has 0 radical (unpaired) electrons. The van der Waals surface area contributed by atoms with E-state index >= 15 is 0 Å². The van der Waals surface area contributed by atoms with Crippen LogP contribution in [0.4, 0.5) is 10.1 Å². The number of halogens is 2. The number of piperazine rings is 1. The molecule has 0 atom stereocenters. The summed E-state index contributed by atoms with van der Waals surface area (Å²) in [7, 11) is 0. The van der Waals surface area contributed by atoms with Gasteiger partial charge in [-0.1, -0.05) is 35.9 Å². The number of hydrogen-bond acceptors (Lipinski definition) is 2. The number of carbonyl (C=O) groups is 1. The zero-order valence-corrected chi connectivity index (χ0v) is 14.4. The highest BCUT2D eigenvalue weighted by atomic mass is 35.5. The molecule has 0 aromatic heterocycles. The highest BCUT2D eigenvalue weighted by molar-refractivity contribution is 6.31. The fourth-order valence-electron chi connectivity index (χ4n) is 2.98. The fourth-order valence-corrected chi connectivity index (χ4v) is 3.15. The molecule has 0 saturated carbocycles. The zero-order valence-electron chi connectivity index (χ0n) is 13.6. The molecule has 1 amide bonds. The molecule has 1 aliphatic rings. The second kappa shape index (κ2) is 7.22. The van der Waals surface area contributed by atoms with Crippen LogP contribution in [0.15, 0.2) is 42.5 Å². The van der Waals surface area contributed by atoms with Crippen molar-refractivity contribution in [2.45, 2.75) is 13.3 Å². The summed E-state index contributed by atoms with van der Waals surface area (Å²) >= 11 is 5.85. The minimum Gasteiger partial charge on any atom is -0.368 e. The van der Waals surface area contributed by atoms with Crippen LogP contribution in [0.1, 0.15) is 11.1 Å². The lowest BCUT2D eigenvalue weighted by Gasteiger charge is -2.36. The van der Waals surface area contributed by atoms with Crippen molar-refractivity contribution in [3.63, 3.8) is 0 Å². The van der Waals surface area contributed by atoms with Gasteiger partial charge in [-0.3, -0.25) is 4.79 Å². The van der Waals surface area contributed by atoms with Gasteiger partial charge in [0.05, 0.1) is 11.4 Å². The Hall–Kier alpha value is -2.07. The van der Waals surface area contributed by atoms with Gasteiger partial charge in [0.1, 0.15) is 5.82 Å². The molecule has 0 unspecified atom stereocenters. The third-order valence-corrected chi connectivity index (χ3v) is 4.79. The molecule has 126 valence electrons. The number of amides is 1. The predicted molar refractivity (Wildman–Crippen MR) is 95.1 cm³/mol. The van der Waals surface area contributed by atoms with Gasteiger partial charge < -0.3 is 9.80 Å². The van der Waals surface area contributed by atoms with E-state index in [2.05, 4.69) is 4.90 Å². The van der Waals surface area contributed by atoms with Crippen LogP contribution < -0.4 is 4.90 Å². The molecule has 1 heterocycles. The first-order chi connectivity index (χ1) is 11.5. The molecule has 24 heavy (non-hydrogen) atoms. The van der Waals surface area contributed by atoms with Gasteiger partial charge >= 0.3 is 0 Å². The van der Waals surface area contributed by atoms with E-state index in [-0.39, 0.29) is 10.9 Å². The second-order valence-electron chi connectivity index (χ2n) is 6.07. The first-order valence-corrected chi connectivity index (χ1v) is 8.44. The largest absolute Gasteiger partial charge is 0.368 e. The minimum atomic E-state index is -0.410. The molecule has 0 bridgehead atoms. The Bertz CT molecular complexity index is 742. The minimum absolute atomic E-state index is 0.130. The van der Waals surface area contributed by atoms with Crippen molar-refractivity contribution >= 4 is 23.2 Å². The molecule has 0 aliphatic carbocycles. The van der Waals surface area contributed by atoms with Gasteiger partial charge in [-0.05, 0) is 36.2 Å². The molecule has 1 fully saturated rings. The molecule has 3 nitrogen and oxygen atoms in total. The Labute approximate surface area is 146 Å². The standard InChI is InChI=1S/C19H20ClFN2O/c1-14-4-2-3-5-15(14)12-19(24)23-10-8-22(9-11-23)16-6-7-18(21)17(20)13-16/h2-7,13H,8-12H2,1H3. The summed E-state index contributed by atoms with van der Waals surface area (Å²) in [4.78, 5) is 16.5. The van der Waals surface area contributed by atoms with Crippen molar-refractivity contribution in [3.05, 3.63) is 64.4 Å². The van der Waals surface area contributed by atoms with Crippen LogP contribution in [0.2, 0.25) is 5.02 Å². The molecule has 0 spiro atoms. The SMILES string of the molecule is Cc1ccccc1CC(=O)N1CCN(c2ccc(F)c(Cl)c2)CC1. The third-order valence-electron chi connectivity index (χ3n) is 4.50. The van der Waals surface area contributed by atoms with Gasteiger partial charge in [-0.15, -0.1) is 0 Å². The van der Waals surface area contributed by atoms with Crippen molar-refractivity contribution in [1.82, 2.24) is 4.90 Å². The Morgan fingerprint density at radius 1 is 1.12 bits per heavy atom. The molecule has 5 heteroatoms. The van der Waals surface area contributed by atoms with Gasteiger partial charge in [0.25, 0.3) is 0 Å². The number of anilines is 1. The van der Waals surface area contributed by atoms with Crippen molar-refractivity contribution in [1.29, 1.82) is 0 Å². The van der Waals surface area contributed by atoms with Crippen LogP contribution in [-0.4, -0.2) is 37.0 Å². The van der Waals surface area contributed by atoms with Crippen LogP contribution >= 0.6 is 11.6 Å². The average molecular weight is 347 g/mol. The zero-order chi connectivity index (χ0) is 17.1. The second-order valence-corrected chi connectivity index (χ2v) is 6.48. The Morgan fingerprint density at radius 3 is 2.50 bits per heavy atom. The lowest BCUT2D eigenvalue weighted by atomic mass is 10.1. The van der Waals surface area contributed by atoms with Crippen molar-refractivity contribution in [2.24, 2.45) is 0 Å². The lowest BCUT2D eigenvalue weighted by Crippen LogP contribution is -2.49. The van der Waals surface area contributed by atoms with Crippen LogP contribution in [0.25, 0.3) is 0 Å². The summed E-state index contributed by atoms with van der Waals surface area (Å²) in [5.74, 6) is -0.256. The van der Waals surface area contributed by atoms with Gasteiger partial charge in [0, 0.05) is 31.9 Å². The molecular weight excluding hydrogens is 327 g/mol. The molecular formula is C19H20ClFN2O. The monoisotopic (exact) mass is 346 g/mol. The Kier molecular flexibility index (Phi) is 5.05. The van der Waals surface area contributed by atoms with Gasteiger partial charge in [0.15, 0.2) is 0 Å². The number of nitrogens with zero attached hydrogens (tertiary/aromatic N) is 2. The van der Waals surface area contributed by atoms with E-state index in [4.69, 9.17) is 11.6 Å². The van der Waals surface area contributed by atoms with Crippen LogP contribution in [0.5, 0.6) is 0 Å². The van der Waals surface area contributed by atoms with E-state index < -0.39 is 5.82 Å². The van der Waals surface area contributed by atoms with Crippen molar-refractivity contribution in [3.8, 4) is 0 Å². The van der Waals surface area contributed by atoms with E-state index in [1.54, 1.807) is 12.1 Å². The maximum atomic E-state index is 13.3. The van der Waals surface area contributed by atoms with E-state index in [0.29, 0.717) is 19.5 Å². The normalized spacial score (nSPS) is 14.8. The fraction of sp³-hybridized carbons (Fsp3) is 0.316. The molecule has 2 aromatic carbocycles. The molecule has 1 aliphatic heterocycles. The highest BCUT2D eigenvalue weighted by Gasteiger charge is 2.22. The molecule has 0 N–H and O–H groups in total. The molecule has 1 saturated heterocycles. The van der Waals surface area contributed by atoms with E-state index in [9.17, 15) is 9.18 Å². The number of hydrogen-bond donors (Lipinski definition) is 0. The lowest BCUT2D eigenvalue weighted by molar-refractivity contribution is -0.130. The van der Waals surface area contributed by atoms with Gasteiger partial charge in [0.2, 0.25) is 5.91 Å². The van der Waals surface area contributed by atoms with Crippen LogP contribution in [-0.2, 0) is 11.2 Å². The van der Waals surface area contributed by atoms with E-state index in [0.717, 1.165) is 29.9 Å². The first kappa shape index (κ1) is 16.8. The number of rotatable bonds is 3. The maximum Gasteiger partial charge on any atom is 0.227 e. The quantitative estimate of drug-likeness (QED) is 0.846. The topological polar surface area (TPSA) is 23.6 Å². The number of carbonyl (C=O) groups excluding carboxylic acids is 1. The summed E-state index contributed by atoms with van der Waals surface area (Å²) in [5, 5.41) is 0.130. The Balaban J connectivity index is 1.59. The third kappa shape index (κ3) is 3.70. The first-order valence-electron chi connectivity index (χ1n) is 8.07. The predicted octanol–water partition coefficient (Wildman–Crippen LogP) is 3.68. The summed E-state index contributed by atoms with van der Waals surface area (Å²) in [6, 6.07) is 12.7. The molecule has 2 aromatic rings. The highest BCUT2D eigenvalue weighted by Crippen LogP contribution is 2.23. The summed E-state index contributed by atoms with van der Waals surface area (Å²) < 4.78 is 13.3. The van der Waals surface area contributed by atoms with Gasteiger partial charge in [-0.25, -0.2) is 4.39 Å². The van der Waals surface area contributed by atoms with Crippen LogP contribution in [0, 0.1) is 12.7 Å². The van der Waals surface area contributed by atoms with E-state index in [1.165, 1.54) is 6.07 Å². The Morgan fingerprint density at radius 2 is 1.83 bits per heavy atom. The average Bonchev–Trinajstić information content (AvgIpc) is 2.59. The van der Waals surface area contributed by atoms with Crippen molar-refractivity contribution in [2.75, 3.05) is 31.1 Å². The number of benzene rings is 2. The summed E-state index contributed by atoms with van der Waals surface area (Å²) in [5.41, 5.74) is 3.12. The summed E-state index contributed by atoms with van der Waals surface area (Å²) in [6.07, 6.45) is 0.440. The van der Waals surface area contributed by atoms with Crippen LogP contribution in [0.3, 0.4) is 0 Å². The smallest absolute Gasteiger partial charge is 0.227 e. The summed E-state index contributed by atoms with van der Waals surface area (Å²) in [6.45, 7) is 4.81. The maximum absolute atomic E-state index is 13.3. The van der Waals surface area contributed by atoms with E-state index in [1.807, 2.05) is 36.1 Å².